The minimum absolute atomic E-state index is 0.0302. The van der Waals surface area contributed by atoms with Crippen molar-refractivity contribution in [3.8, 4) is 0 Å². The summed E-state index contributed by atoms with van der Waals surface area (Å²) in [6.07, 6.45) is 0. The molecular formula is C10H15NO8S2. The van der Waals surface area contributed by atoms with Crippen molar-refractivity contribution in [3.63, 3.8) is 0 Å². The normalized spacial score (nSPS) is 12.3. The molecule has 120 valence electrons. The molecule has 0 fully saturated rings. The topological polar surface area (TPSA) is 119 Å². The maximum absolute atomic E-state index is 11.9. The number of benzene rings is 1. The Morgan fingerprint density at radius 1 is 1.05 bits per heavy atom. The van der Waals surface area contributed by atoms with Crippen LogP contribution in [0.4, 0.5) is 5.69 Å². The summed E-state index contributed by atoms with van der Waals surface area (Å²) >= 11 is 0. The summed E-state index contributed by atoms with van der Waals surface area (Å²) in [6, 6.07) is 5.51. The standard InChI is InChI=1S/C10H15NO8S2/c1-17-11(18-2)9-3-5-10(6-4-9)20(12,13)8-7-19-21(14,15)16/h3-6H,7-8H2,1-2H3,(H,14,15,16). The van der Waals surface area contributed by atoms with Crippen LogP contribution in [0.5, 0.6) is 0 Å². The smallest absolute Gasteiger partial charge is 0.264 e. The van der Waals surface area contributed by atoms with Gasteiger partial charge in [0.25, 0.3) is 0 Å². The van der Waals surface area contributed by atoms with Gasteiger partial charge in [0.1, 0.15) is 0 Å². The molecule has 9 nitrogen and oxygen atoms in total. The van der Waals surface area contributed by atoms with Crippen molar-refractivity contribution in [1.82, 2.24) is 0 Å². The molecule has 0 heterocycles. The number of sulfone groups is 1. The van der Waals surface area contributed by atoms with Gasteiger partial charge in [0.05, 0.1) is 37.2 Å². The van der Waals surface area contributed by atoms with Crippen LogP contribution in [0, 0.1) is 0 Å². The van der Waals surface area contributed by atoms with Crippen molar-refractivity contribution in [2.75, 3.05) is 31.8 Å². The van der Waals surface area contributed by atoms with Gasteiger partial charge in [0.15, 0.2) is 9.84 Å². The summed E-state index contributed by atoms with van der Waals surface area (Å²) in [5.74, 6) is -0.593. The molecule has 0 bridgehead atoms. The van der Waals surface area contributed by atoms with Gasteiger partial charge < -0.3 is 0 Å². The fourth-order valence-electron chi connectivity index (χ4n) is 1.43. The van der Waals surface area contributed by atoms with Gasteiger partial charge in [0, 0.05) is 0 Å². The van der Waals surface area contributed by atoms with E-state index in [0.29, 0.717) is 5.69 Å². The van der Waals surface area contributed by atoms with E-state index in [9.17, 15) is 16.8 Å². The molecule has 1 aromatic rings. The summed E-state index contributed by atoms with van der Waals surface area (Å²) in [5.41, 5.74) is 0.466. The van der Waals surface area contributed by atoms with E-state index >= 15 is 0 Å². The highest BCUT2D eigenvalue weighted by Crippen LogP contribution is 2.19. The maximum atomic E-state index is 11.9. The van der Waals surface area contributed by atoms with Crippen LogP contribution < -0.4 is 5.23 Å². The minimum atomic E-state index is -4.66. The summed E-state index contributed by atoms with van der Waals surface area (Å²) in [7, 11) is -5.65. The van der Waals surface area contributed by atoms with E-state index in [1.807, 2.05) is 0 Å². The Hall–Kier alpha value is -1.24. The Balaban J connectivity index is 2.80. The zero-order valence-corrected chi connectivity index (χ0v) is 12.9. The molecule has 0 aliphatic heterocycles. The van der Waals surface area contributed by atoms with Crippen LogP contribution in [0.3, 0.4) is 0 Å². The average Bonchev–Trinajstić information content (AvgIpc) is 2.39. The molecule has 11 heteroatoms. The van der Waals surface area contributed by atoms with Gasteiger partial charge >= 0.3 is 10.4 Å². The number of nitrogens with zero attached hydrogens (tertiary/aromatic N) is 1. The lowest BCUT2D eigenvalue weighted by molar-refractivity contribution is -0.0433. The quantitative estimate of drug-likeness (QED) is 0.522. The Morgan fingerprint density at radius 3 is 2.00 bits per heavy atom. The number of hydrogen-bond donors (Lipinski definition) is 1. The third-order valence-corrected chi connectivity index (χ3v) is 4.48. The van der Waals surface area contributed by atoms with Gasteiger partial charge in [-0.15, -0.1) is 5.23 Å². The van der Waals surface area contributed by atoms with Gasteiger partial charge in [-0.2, -0.15) is 8.42 Å². The SMILES string of the molecule is CON(OC)c1ccc(S(=O)(=O)CCOS(=O)(=O)O)cc1. The van der Waals surface area contributed by atoms with Gasteiger partial charge in [-0.3, -0.25) is 14.2 Å². The van der Waals surface area contributed by atoms with E-state index in [-0.39, 0.29) is 4.90 Å². The van der Waals surface area contributed by atoms with Gasteiger partial charge in [-0.1, -0.05) is 0 Å². The lowest BCUT2D eigenvalue weighted by Gasteiger charge is -2.18. The predicted molar refractivity (Wildman–Crippen MR) is 72.5 cm³/mol. The number of rotatable bonds is 8. The van der Waals surface area contributed by atoms with Crippen LogP contribution in [-0.2, 0) is 34.1 Å². The Bertz CT molecular complexity index is 649. The molecular weight excluding hydrogens is 326 g/mol. The first-order chi connectivity index (χ1) is 9.69. The van der Waals surface area contributed by atoms with Crippen LogP contribution >= 0.6 is 0 Å². The van der Waals surface area contributed by atoms with E-state index in [2.05, 4.69) is 4.18 Å². The second-order valence-electron chi connectivity index (χ2n) is 3.68. The molecule has 0 aliphatic carbocycles. The van der Waals surface area contributed by atoms with Crippen LogP contribution in [0.2, 0.25) is 0 Å². The van der Waals surface area contributed by atoms with E-state index in [4.69, 9.17) is 14.2 Å². The highest BCUT2D eigenvalue weighted by atomic mass is 32.3. The molecule has 1 rings (SSSR count). The molecule has 0 radical (unpaired) electrons. The monoisotopic (exact) mass is 341 g/mol. The molecule has 0 amide bonds. The average molecular weight is 341 g/mol. The van der Waals surface area contributed by atoms with Crippen molar-refractivity contribution < 1.29 is 35.2 Å². The van der Waals surface area contributed by atoms with E-state index < -0.39 is 32.6 Å². The fourth-order valence-corrected chi connectivity index (χ4v) is 2.92. The first kappa shape index (κ1) is 17.8. The zero-order chi connectivity index (χ0) is 16.1. The predicted octanol–water partition coefficient (Wildman–Crippen LogP) is 0.209. The van der Waals surface area contributed by atoms with E-state index in [0.717, 1.165) is 5.23 Å². The Kier molecular flexibility index (Phi) is 6.07. The van der Waals surface area contributed by atoms with Crippen molar-refractivity contribution in [3.05, 3.63) is 24.3 Å². The third-order valence-electron chi connectivity index (χ3n) is 2.32. The molecule has 1 aromatic carbocycles. The van der Waals surface area contributed by atoms with Crippen LogP contribution in [-0.4, -0.2) is 48.0 Å². The molecule has 0 spiro atoms. The van der Waals surface area contributed by atoms with Crippen molar-refractivity contribution in [2.24, 2.45) is 0 Å². The molecule has 0 saturated heterocycles. The second-order valence-corrected chi connectivity index (χ2v) is 6.89. The molecule has 0 atom stereocenters. The number of anilines is 1. The van der Waals surface area contributed by atoms with Crippen molar-refractivity contribution in [1.29, 1.82) is 0 Å². The second kappa shape index (κ2) is 7.15. The molecule has 0 aliphatic rings. The fraction of sp³-hybridized carbons (Fsp3) is 0.400. The summed E-state index contributed by atoms with van der Waals surface area (Å²) in [5, 5.41) is 1.07. The Morgan fingerprint density at radius 2 is 1.57 bits per heavy atom. The molecule has 0 unspecified atom stereocenters. The van der Waals surface area contributed by atoms with Gasteiger partial charge in [-0.05, 0) is 24.3 Å². The first-order valence-corrected chi connectivity index (χ1v) is 8.54. The highest BCUT2D eigenvalue weighted by Gasteiger charge is 2.17. The first-order valence-electron chi connectivity index (χ1n) is 5.52. The molecule has 0 aromatic heterocycles. The van der Waals surface area contributed by atoms with Gasteiger partial charge in [0.2, 0.25) is 0 Å². The lowest BCUT2D eigenvalue weighted by Crippen LogP contribution is -2.20. The largest absolute Gasteiger partial charge is 0.397 e. The molecule has 1 N–H and O–H groups in total. The van der Waals surface area contributed by atoms with E-state index in [1.54, 1.807) is 0 Å². The maximum Gasteiger partial charge on any atom is 0.397 e. The highest BCUT2D eigenvalue weighted by molar-refractivity contribution is 7.91. The summed E-state index contributed by atoms with van der Waals surface area (Å²) in [6.45, 7) is -0.675. The lowest BCUT2D eigenvalue weighted by atomic mass is 10.3. The Labute approximate surface area is 122 Å². The summed E-state index contributed by atoms with van der Waals surface area (Å²) < 4.78 is 56.8. The number of hydrogen-bond acceptors (Lipinski definition) is 8. The minimum Gasteiger partial charge on any atom is -0.264 e. The van der Waals surface area contributed by atoms with Crippen LogP contribution in [0.15, 0.2) is 29.2 Å². The van der Waals surface area contributed by atoms with Crippen LogP contribution in [0.1, 0.15) is 0 Å². The van der Waals surface area contributed by atoms with Gasteiger partial charge in [-0.25, -0.2) is 12.6 Å². The van der Waals surface area contributed by atoms with Crippen LogP contribution in [0.25, 0.3) is 0 Å². The molecule has 0 saturated carbocycles. The third kappa shape index (κ3) is 5.57. The molecule has 21 heavy (non-hydrogen) atoms. The van der Waals surface area contributed by atoms with E-state index in [1.165, 1.54) is 38.5 Å². The van der Waals surface area contributed by atoms with Crippen molar-refractivity contribution >= 4 is 25.9 Å². The summed E-state index contributed by atoms with van der Waals surface area (Å²) in [4.78, 5) is 9.69. The zero-order valence-electron chi connectivity index (χ0n) is 11.3. The van der Waals surface area contributed by atoms with Crippen molar-refractivity contribution in [2.45, 2.75) is 4.90 Å².